The molecule has 2 aliphatic heterocycles. The van der Waals surface area contributed by atoms with Gasteiger partial charge in [0.25, 0.3) is 11.7 Å². The van der Waals surface area contributed by atoms with Gasteiger partial charge in [0.15, 0.2) is 11.5 Å². The first kappa shape index (κ1) is 21.7. The maximum absolute atomic E-state index is 13.1. The molecule has 1 saturated heterocycles. The van der Waals surface area contributed by atoms with Crippen molar-refractivity contribution in [1.29, 1.82) is 0 Å². The van der Waals surface area contributed by atoms with Crippen molar-refractivity contribution < 1.29 is 28.9 Å². The number of benzene rings is 2. The SMILES string of the molecule is CCCN1C(=O)C(=O)/C(=C(/O)c2cc(C)cc(C)c2OC)C1c1ccc2c(c1)OCCO2. The Morgan fingerprint density at radius 3 is 2.53 bits per heavy atom. The molecule has 168 valence electrons. The number of hydrogen-bond acceptors (Lipinski definition) is 6. The number of carbonyl (C=O) groups is 2. The maximum Gasteiger partial charge on any atom is 0.295 e. The van der Waals surface area contributed by atoms with E-state index in [0.29, 0.717) is 54.6 Å². The predicted octanol–water partition coefficient (Wildman–Crippen LogP) is 3.91. The number of aliphatic hydroxyl groups excluding tert-OH is 1. The average molecular weight is 437 g/mol. The van der Waals surface area contributed by atoms with Gasteiger partial charge < -0.3 is 24.2 Å². The van der Waals surface area contributed by atoms with E-state index in [4.69, 9.17) is 14.2 Å². The van der Waals surface area contributed by atoms with Crippen LogP contribution in [0.3, 0.4) is 0 Å². The number of Topliss-reactive ketones (excluding diaryl/α,β-unsaturated/α-hetero) is 1. The molecule has 0 aliphatic carbocycles. The van der Waals surface area contributed by atoms with E-state index >= 15 is 0 Å². The topological polar surface area (TPSA) is 85.3 Å². The molecule has 7 heteroatoms. The summed E-state index contributed by atoms with van der Waals surface area (Å²) in [6, 6.07) is 8.31. The largest absolute Gasteiger partial charge is 0.507 e. The Kier molecular flexibility index (Phi) is 5.82. The van der Waals surface area contributed by atoms with Gasteiger partial charge in [-0.2, -0.15) is 0 Å². The van der Waals surface area contributed by atoms with E-state index in [-0.39, 0.29) is 11.3 Å². The molecule has 0 saturated carbocycles. The Labute approximate surface area is 187 Å². The van der Waals surface area contributed by atoms with Crippen LogP contribution in [0, 0.1) is 13.8 Å². The summed E-state index contributed by atoms with van der Waals surface area (Å²) in [7, 11) is 1.52. The van der Waals surface area contributed by atoms with E-state index in [9.17, 15) is 14.7 Å². The summed E-state index contributed by atoms with van der Waals surface area (Å²) in [5.74, 6) is 0.0538. The average Bonchev–Trinajstić information content (AvgIpc) is 3.03. The number of aliphatic hydroxyl groups is 1. The molecule has 0 bridgehead atoms. The van der Waals surface area contributed by atoms with Crippen molar-refractivity contribution >= 4 is 17.4 Å². The lowest BCUT2D eigenvalue weighted by molar-refractivity contribution is -0.139. The maximum atomic E-state index is 13.1. The zero-order valence-electron chi connectivity index (χ0n) is 18.7. The van der Waals surface area contributed by atoms with Gasteiger partial charge in [-0.15, -0.1) is 0 Å². The number of rotatable bonds is 5. The summed E-state index contributed by atoms with van der Waals surface area (Å²) in [5, 5.41) is 11.4. The molecule has 1 fully saturated rings. The number of likely N-dealkylation sites (tertiary alicyclic amines) is 1. The van der Waals surface area contributed by atoms with E-state index in [1.165, 1.54) is 12.0 Å². The van der Waals surface area contributed by atoms with Gasteiger partial charge in [-0.25, -0.2) is 0 Å². The van der Waals surface area contributed by atoms with Crippen LogP contribution in [0.5, 0.6) is 17.2 Å². The first-order valence-electron chi connectivity index (χ1n) is 10.7. The van der Waals surface area contributed by atoms with Crippen LogP contribution in [-0.4, -0.2) is 48.6 Å². The Morgan fingerprint density at radius 1 is 1.12 bits per heavy atom. The normalized spacial score (nSPS) is 19.4. The van der Waals surface area contributed by atoms with Gasteiger partial charge in [-0.3, -0.25) is 9.59 Å². The number of ether oxygens (including phenoxy) is 3. The molecule has 2 aromatic rings. The summed E-state index contributed by atoms with van der Waals surface area (Å²) in [4.78, 5) is 27.6. The van der Waals surface area contributed by atoms with Crippen LogP contribution in [0.2, 0.25) is 0 Å². The zero-order valence-corrected chi connectivity index (χ0v) is 18.7. The highest BCUT2D eigenvalue weighted by Gasteiger charge is 2.46. The van der Waals surface area contributed by atoms with Crippen LogP contribution in [0.4, 0.5) is 0 Å². The van der Waals surface area contributed by atoms with Gasteiger partial charge in [-0.05, 0) is 55.2 Å². The van der Waals surface area contributed by atoms with Crippen LogP contribution in [0.1, 0.15) is 41.6 Å². The van der Waals surface area contributed by atoms with Crippen molar-refractivity contribution in [1.82, 2.24) is 4.90 Å². The second kappa shape index (κ2) is 8.57. The lowest BCUT2D eigenvalue weighted by atomic mass is 9.93. The number of hydrogen-bond donors (Lipinski definition) is 1. The second-order valence-electron chi connectivity index (χ2n) is 8.06. The zero-order chi connectivity index (χ0) is 23.0. The number of ketones is 1. The molecule has 1 amide bonds. The number of amides is 1. The number of fused-ring (bicyclic) bond motifs is 1. The molecule has 0 spiro atoms. The lowest BCUT2D eigenvalue weighted by Gasteiger charge is -2.26. The summed E-state index contributed by atoms with van der Waals surface area (Å²) in [5.41, 5.74) is 2.84. The quantitative estimate of drug-likeness (QED) is 0.434. The molecule has 1 N–H and O–H groups in total. The Morgan fingerprint density at radius 2 is 1.84 bits per heavy atom. The van der Waals surface area contributed by atoms with Gasteiger partial charge in [0, 0.05) is 6.54 Å². The standard InChI is InChI=1S/C25H27NO6/c1-5-8-26-21(16-6-7-18-19(13-16)32-10-9-31-18)20(23(28)25(26)29)22(27)17-12-14(2)11-15(3)24(17)30-4/h6-7,11-13,21,27H,5,8-10H2,1-4H3/b22-20+. The molecule has 0 aromatic heterocycles. The molecule has 2 aromatic carbocycles. The highest BCUT2D eigenvalue weighted by Crippen LogP contribution is 2.44. The molecule has 2 aliphatic rings. The number of methoxy groups -OCH3 is 1. The van der Waals surface area contributed by atoms with Gasteiger partial charge in [0.05, 0.1) is 24.3 Å². The van der Waals surface area contributed by atoms with E-state index in [1.807, 2.05) is 26.8 Å². The molecule has 0 radical (unpaired) electrons. The molecule has 2 heterocycles. The number of aryl methyl sites for hydroxylation is 2. The van der Waals surface area contributed by atoms with Gasteiger partial charge in [0.1, 0.15) is 24.7 Å². The molecule has 32 heavy (non-hydrogen) atoms. The summed E-state index contributed by atoms with van der Waals surface area (Å²) in [6.45, 7) is 6.98. The molecule has 4 rings (SSSR count). The summed E-state index contributed by atoms with van der Waals surface area (Å²) >= 11 is 0. The van der Waals surface area contributed by atoms with Crippen molar-refractivity contribution in [3.63, 3.8) is 0 Å². The first-order chi connectivity index (χ1) is 15.4. The second-order valence-corrected chi connectivity index (χ2v) is 8.06. The predicted molar refractivity (Wildman–Crippen MR) is 119 cm³/mol. The van der Waals surface area contributed by atoms with Crippen molar-refractivity contribution in [2.24, 2.45) is 0 Å². The van der Waals surface area contributed by atoms with Gasteiger partial charge in [-0.1, -0.05) is 19.1 Å². The minimum Gasteiger partial charge on any atom is -0.507 e. The van der Waals surface area contributed by atoms with Crippen molar-refractivity contribution in [3.8, 4) is 17.2 Å². The summed E-state index contributed by atoms with van der Waals surface area (Å²) in [6.07, 6.45) is 0.668. The summed E-state index contributed by atoms with van der Waals surface area (Å²) < 4.78 is 16.8. The third kappa shape index (κ3) is 3.57. The third-order valence-electron chi connectivity index (χ3n) is 5.76. The number of carbonyl (C=O) groups excluding carboxylic acids is 2. The van der Waals surface area contributed by atoms with Gasteiger partial charge in [0.2, 0.25) is 0 Å². The highest BCUT2D eigenvalue weighted by atomic mass is 16.6. The van der Waals surface area contributed by atoms with Crippen LogP contribution < -0.4 is 14.2 Å². The van der Waals surface area contributed by atoms with Crippen LogP contribution in [0.15, 0.2) is 35.9 Å². The van der Waals surface area contributed by atoms with E-state index in [2.05, 4.69) is 0 Å². The van der Waals surface area contributed by atoms with E-state index in [0.717, 1.165) is 11.1 Å². The fourth-order valence-electron chi connectivity index (χ4n) is 4.47. The van der Waals surface area contributed by atoms with Crippen LogP contribution >= 0.6 is 0 Å². The van der Waals surface area contributed by atoms with Crippen molar-refractivity contribution in [3.05, 3.63) is 58.2 Å². The Balaban J connectivity index is 1.93. The monoisotopic (exact) mass is 437 g/mol. The van der Waals surface area contributed by atoms with E-state index in [1.54, 1.807) is 24.3 Å². The van der Waals surface area contributed by atoms with Crippen LogP contribution in [0.25, 0.3) is 5.76 Å². The van der Waals surface area contributed by atoms with Crippen molar-refractivity contribution in [2.45, 2.75) is 33.2 Å². The first-order valence-corrected chi connectivity index (χ1v) is 10.7. The number of nitrogens with zero attached hydrogens (tertiary/aromatic N) is 1. The van der Waals surface area contributed by atoms with Crippen LogP contribution in [-0.2, 0) is 9.59 Å². The van der Waals surface area contributed by atoms with Gasteiger partial charge >= 0.3 is 0 Å². The van der Waals surface area contributed by atoms with E-state index < -0.39 is 17.7 Å². The molecule has 7 nitrogen and oxygen atoms in total. The lowest BCUT2D eigenvalue weighted by Crippen LogP contribution is -2.30. The molecular weight excluding hydrogens is 410 g/mol. The Hall–Kier alpha value is -3.48. The molecule has 1 unspecified atom stereocenters. The smallest absolute Gasteiger partial charge is 0.295 e. The fraction of sp³-hybridized carbons (Fsp3) is 0.360. The highest BCUT2D eigenvalue weighted by molar-refractivity contribution is 6.46. The Bertz CT molecular complexity index is 1120. The minimum atomic E-state index is -0.740. The molecule has 1 atom stereocenters. The molecular formula is C25H27NO6. The minimum absolute atomic E-state index is 0.0448. The third-order valence-corrected chi connectivity index (χ3v) is 5.76. The fourth-order valence-corrected chi connectivity index (χ4v) is 4.47. The van der Waals surface area contributed by atoms with Crippen molar-refractivity contribution in [2.75, 3.05) is 26.9 Å².